The van der Waals surface area contributed by atoms with Crippen LogP contribution in [0.2, 0.25) is 18.6 Å². The maximum Gasteiger partial charge on any atom is 0.279 e. The van der Waals surface area contributed by atoms with Crippen LogP contribution < -0.4 is 10.5 Å². The summed E-state index contributed by atoms with van der Waals surface area (Å²) in [5, 5.41) is 34.5. The van der Waals surface area contributed by atoms with Gasteiger partial charge >= 0.3 is 0 Å². The smallest absolute Gasteiger partial charge is 0.279 e. The minimum atomic E-state index is -3.54. The molecule has 1 saturated heterocycles. The Labute approximate surface area is 316 Å². The number of fused-ring (bicyclic) bond motifs is 3. The highest BCUT2D eigenvalue weighted by Gasteiger charge is 2.67. The fourth-order valence-corrected chi connectivity index (χ4v) is 11.2. The summed E-state index contributed by atoms with van der Waals surface area (Å²) in [5.41, 5.74) is 1.50. The van der Waals surface area contributed by atoms with Crippen LogP contribution in [0.15, 0.2) is 108 Å². The molecule has 2 N–H and O–H groups in total. The summed E-state index contributed by atoms with van der Waals surface area (Å²) in [4.78, 5) is 41.3. The van der Waals surface area contributed by atoms with Crippen molar-refractivity contribution in [3.63, 3.8) is 0 Å². The molecule has 13 nitrogen and oxygen atoms in total. The first-order chi connectivity index (χ1) is 26.4. The minimum absolute atomic E-state index is 0.0746. The van der Waals surface area contributed by atoms with E-state index in [4.69, 9.17) is 4.74 Å². The molecule has 0 saturated carbocycles. The van der Waals surface area contributed by atoms with Crippen LogP contribution in [-0.4, -0.2) is 61.8 Å². The highest BCUT2D eigenvalue weighted by molar-refractivity contribution is 6.72. The van der Waals surface area contributed by atoms with Crippen LogP contribution in [0, 0.1) is 16.0 Å². The Hall–Kier alpha value is -5.77. The van der Waals surface area contributed by atoms with E-state index >= 15 is 4.11 Å². The number of amides is 1. The third-order valence-electron chi connectivity index (χ3n) is 11.2. The molecule has 1 spiro atoms. The van der Waals surface area contributed by atoms with Crippen LogP contribution in [0.4, 0.5) is 15.5 Å². The van der Waals surface area contributed by atoms with Gasteiger partial charge in [-0.2, -0.15) is 0 Å². The minimum Gasteiger partial charge on any atom is -0.395 e. The number of halogens is 1. The van der Waals surface area contributed by atoms with E-state index in [9.17, 15) is 24.8 Å². The van der Waals surface area contributed by atoms with E-state index in [-0.39, 0.29) is 30.3 Å². The average Bonchev–Trinajstić information content (AvgIpc) is 3.91. The molecule has 1 amide bonds. The van der Waals surface area contributed by atoms with Crippen molar-refractivity contribution in [2.45, 2.75) is 62.7 Å². The van der Waals surface area contributed by atoms with E-state index in [0.717, 1.165) is 5.56 Å². The van der Waals surface area contributed by atoms with Crippen LogP contribution >= 0.6 is 0 Å². The maximum atomic E-state index is 16.5. The van der Waals surface area contributed by atoms with Crippen LogP contribution in [0.3, 0.4) is 0 Å². The Kier molecular flexibility index (Phi) is 9.10. The predicted molar refractivity (Wildman–Crippen MR) is 206 cm³/mol. The number of para-hydroxylation sites is 1. The van der Waals surface area contributed by atoms with Crippen molar-refractivity contribution in [3.8, 4) is 5.69 Å². The number of aliphatic hydroxyl groups excluding tert-OH is 1. The maximum absolute atomic E-state index is 16.5. The summed E-state index contributed by atoms with van der Waals surface area (Å²) in [6.45, 7) is 5.23. The Bertz CT molecular complexity index is 2480. The molecule has 0 radical (unpaired) electrons. The number of H-pyrrole nitrogens is 1. The van der Waals surface area contributed by atoms with Crippen molar-refractivity contribution in [2.75, 3.05) is 11.5 Å². The number of aromatic amines is 1. The van der Waals surface area contributed by atoms with Gasteiger partial charge in [0, 0.05) is 41.9 Å². The molecule has 282 valence electrons. The molecule has 2 aromatic heterocycles. The van der Waals surface area contributed by atoms with Gasteiger partial charge in [-0.05, 0) is 61.0 Å². The molecule has 15 heteroatoms. The lowest BCUT2D eigenvalue weighted by Gasteiger charge is -2.31. The number of aryl methyl sites for hydroxylation is 1. The zero-order chi connectivity index (χ0) is 38.6. The second-order valence-electron chi connectivity index (χ2n) is 14.9. The second kappa shape index (κ2) is 13.8. The van der Waals surface area contributed by atoms with Crippen molar-refractivity contribution >= 4 is 36.6 Å². The standard InChI is InChI=1S/C40H40FN7O6Si/c1-25-37(55(2,3)41)36(18-19-45-23-34(42-44-45)31(24-49)27-11-5-4-6-12-27)54-40(25)32-21-29(48(52)53)16-17-35(32)46(39(40)51)22-26-10-9-13-28(20-26)47-38(50)30-14-7-8-15-33(30)43-47/h4-17,20-21,23,25,31,36-37,43,49H,18-19,22,24H2,1-3H3/t25-,31?,36+,37-,40+/m1/s1. The fourth-order valence-electron chi connectivity index (χ4n) is 8.69. The van der Waals surface area contributed by atoms with Gasteiger partial charge < -0.3 is 18.9 Å². The molecule has 4 heterocycles. The van der Waals surface area contributed by atoms with Crippen LogP contribution in [-0.2, 0) is 28.2 Å². The van der Waals surface area contributed by atoms with Crippen molar-refractivity contribution < 1.29 is 23.7 Å². The highest BCUT2D eigenvalue weighted by Crippen LogP contribution is 2.60. The van der Waals surface area contributed by atoms with Crippen LogP contribution in [0.5, 0.6) is 0 Å². The summed E-state index contributed by atoms with van der Waals surface area (Å²) in [7, 11) is -3.54. The van der Waals surface area contributed by atoms with Gasteiger partial charge in [-0.15, -0.1) is 5.10 Å². The molecule has 1 unspecified atom stereocenters. The van der Waals surface area contributed by atoms with E-state index in [1.54, 1.807) is 59.2 Å². The van der Waals surface area contributed by atoms with E-state index < -0.39 is 42.4 Å². The second-order valence-corrected chi connectivity index (χ2v) is 18.7. The van der Waals surface area contributed by atoms with Crippen molar-refractivity contribution in [2.24, 2.45) is 5.92 Å². The highest BCUT2D eigenvalue weighted by atomic mass is 28.4. The molecule has 1 fully saturated rings. The third-order valence-corrected chi connectivity index (χ3v) is 13.7. The normalized spacial score (nSPS) is 21.4. The quantitative estimate of drug-likeness (QED) is 0.0668. The predicted octanol–water partition coefficient (Wildman–Crippen LogP) is 6.35. The number of aromatic nitrogens is 5. The van der Waals surface area contributed by atoms with E-state index in [1.165, 1.54) is 16.8 Å². The monoisotopic (exact) mass is 761 g/mol. The number of carbonyl (C=O) groups is 1. The SMILES string of the molecule is C[C@@H]1[C@@H]([Si](C)(C)F)[C@H](CCn2cc(C(CO)c3ccccc3)nn2)O[C@@]12C(=O)N(Cc1cccc(-n3[nH]c4ccccc4c3=O)c1)c1ccc([N+](=O)[O-])cc12. The molecule has 2 aliphatic heterocycles. The molecule has 2 aliphatic rings. The molecular weight excluding hydrogens is 722 g/mol. The molecule has 6 aromatic rings. The molecular formula is C40H40FN7O6Si. The number of non-ortho nitro benzene ring substituents is 1. The van der Waals surface area contributed by atoms with E-state index in [1.807, 2.05) is 61.5 Å². The average molecular weight is 762 g/mol. The Morgan fingerprint density at radius 1 is 1.04 bits per heavy atom. The largest absolute Gasteiger partial charge is 0.395 e. The van der Waals surface area contributed by atoms with Gasteiger partial charge in [0.15, 0.2) is 5.60 Å². The lowest BCUT2D eigenvalue weighted by molar-refractivity contribution is -0.385. The van der Waals surface area contributed by atoms with Crippen molar-refractivity contribution in [3.05, 3.63) is 146 Å². The zero-order valence-electron chi connectivity index (χ0n) is 30.5. The van der Waals surface area contributed by atoms with Crippen molar-refractivity contribution in [1.82, 2.24) is 24.8 Å². The Balaban J connectivity index is 1.12. The molecule has 0 aliphatic carbocycles. The third kappa shape index (κ3) is 6.17. The number of benzene rings is 4. The van der Waals surface area contributed by atoms with Crippen molar-refractivity contribution in [1.29, 1.82) is 0 Å². The van der Waals surface area contributed by atoms with Gasteiger partial charge in [0.25, 0.3) is 17.2 Å². The topological polar surface area (TPSA) is 161 Å². The number of nitro benzene ring substituents is 1. The van der Waals surface area contributed by atoms with E-state index in [0.29, 0.717) is 52.1 Å². The molecule has 0 bridgehead atoms. The number of hydrogen-bond acceptors (Lipinski definition) is 8. The summed E-state index contributed by atoms with van der Waals surface area (Å²) in [6, 6.07) is 28.3. The zero-order valence-corrected chi connectivity index (χ0v) is 31.5. The number of nitrogens with zero attached hydrogens (tertiary/aromatic N) is 6. The number of anilines is 1. The van der Waals surface area contributed by atoms with Gasteiger partial charge in [0.05, 0.1) is 58.1 Å². The number of aliphatic hydroxyl groups is 1. The first-order valence-corrected chi connectivity index (χ1v) is 21.2. The summed E-state index contributed by atoms with van der Waals surface area (Å²) >= 11 is 0. The first kappa shape index (κ1) is 36.2. The summed E-state index contributed by atoms with van der Waals surface area (Å²) in [5.74, 6) is -1.46. The van der Waals surface area contributed by atoms with Gasteiger partial charge in [-0.25, -0.2) is 4.68 Å². The molecule has 4 aromatic carbocycles. The number of hydrogen-bond donors (Lipinski definition) is 2. The molecule has 5 atom stereocenters. The van der Waals surface area contributed by atoms with Crippen LogP contribution in [0.25, 0.3) is 16.6 Å². The summed E-state index contributed by atoms with van der Waals surface area (Å²) < 4.78 is 26.4. The first-order valence-electron chi connectivity index (χ1n) is 18.2. The Morgan fingerprint density at radius 2 is 1.80 bits per heavy atom. The number of ether oxygens (including phenoxy) is 1. The van der Waals surface area contributed by atoms with E-state index in [2.05, 4.69) is 15.4 Å². The number of nitro groups is 1. The summed E-state index contributed by atoms with van der Waals surface area (Å²) in [6.07, 6.45) is 1.34. The fraction of sp³-hybridized carbons (Fsp3) is 0.300. The van der Waals surface area contributed by atoms with Crippen LogP contribution in [0.1, 0.15) is 41.6 Å². The number of nitrogens with one attached hydrogen (secondary N) is 1. The van der Waals surface area contributed by atoms with Gasteiger partial charge in [-0.1, -0.05) is 66.7 Å². The lowest BCUT2D eigenvalue weighted by atomic mass is 9.82. The van der Waals surface area contributed by atoms with Gasteiger partial charge in [0.2, 0.25) is 8.41 Å². The number of carbonyl (C=O) groups excluding carboxylic acids is 1. The van der Waals surface area contributed by atoms with Gasteiger partial charge in [-0.3, -0.25) is 29.5 Å². The van der Waals surface area contributed by atoms with Gasteiger partial charge in [0.1, 0.15) is 0 Å². The molecule has 8 rings (SSSR count). The molecule has 55 heavy (non-hydrogen) atoms. The lowest BCUT2D eigenvalue weighted by Crippen LogP contribution is -2.45. The Morgan fingerprint density at radius 3 is 2.53 bits per heavy atom. The number of rotatable bonds is 11.